The molecule has 1 amide bonds. The molecule has 0 aromatic carbocycles. The number of carbonyl (C=O) groups is 1. The molecule has 0 bridgehead atoms. The van der Waals surface area contributed by atoms with Crippen LogP contribution in [0, 0.1) is 5.92 Å². The Morgan fingerprint density at radius 3 is 2.12 bits per heavy atom. The van der Waals surface area contributed by atoms with Gasteiger partial charge in [-0.2, -0.15) is 0 Å². The molecule has 0 aliphatic rings. The first kappa shape index (κ1) is 17.8. The van der Waals surface area contributed by atoms with Crippen LogP contribution in [-0.2, 0) is 4.79 Å². The van der Waals surface area contributed by atoms with Gasteiger partial charge in [-0.05, 0) is 19.4 Å². The Balaban J connectivity index is -0.000000616. The lowest BCUT2D eigenvalue weighted by molar-refractivity contribution is -0.133. The van der Waals surface area contributed by atoms with Crippen molar-refractivity contribution in [3.63, 3.8) is 0 Å². The van der Waals surface area contributed by atoms with Gasteiger partial charge in [-0.15, -0.1) is 0 Å². The summed E-state index contributed by atoms with van der Waals surface area (Å²) in [5, 5.41) is 0. The Morgan fingerprint density at radius 1 is 1.19 bits per heavy atom. The van der Waals surface area contributed by atoms with E-state index in [4.69, 9.17) is 5.73 Å². The number of nitrogens with two attached hydrogens (primary N) is 1. The fourth-order valence-electron chi connectivity index (χ4n) is 1.40. The van der Waals surface area contributed by atoms with Crippen molar-refractivity contribution >= 4 is 5.91 Å². The van der Waals surface area contributed by atoms with Gasteiger partial charge in [0.05, 0.1) is 0 Å². The zero-order valence-electron chi connectivity index (χ0n) is 11.8. The van der Waals surface area contributed by atoms with Crippen LogP contribution in [0.25, 0.3) is 0 Å². The maximum atomic E-state index is 11.5. The van der Waals surface area contributed by atoms with E-state index in [2.05, 4.69) is 0 Å². The average Bonchev–Trinajstić information content (AvgIpc) is 2.30. The molecule has 0 fully saturated rings. The highest BCUT2D eigenvalue weighted by Crippen LogP contribution is 2.03. The summed E-state index contributed by atoms with van der Waals surface area (Å²) in [4.78, 5) is 13.3. The topological polar surface area (TPSA) is 46.3 Å². The third kappa shape index (κ3) is 9.97. The summed E-state index contributed by atoms with van der Waals surface area (Å²) in [5.41, 5.74) is 5.39. The number of nitrogens with zero attached hydrogens (tertiary/aromatic N) is 1. The maximum absolute atomic E-state index is 11.5. The third-order valence-electron chi connectivity index (χ3n) is 2.32. The van der Waals surface area contributed by atoms with E-state index in [1.54, 1.807) is 0 Å². The second kappa shape index (κ2) is 12.5. The van der Waals surface area contributed by atoms with Crippen LogP contribution in [0.3, 0.4) is 0 Å². The summed E-state index contributed by atoms with van der Waals surface area (Å²) in [6, 6.07) is 0. The summed E-state index contributed by atoms with van der Waals surface area (Å²) in [7, 11) is 1.88. The average molecular weight is 232 g/mol. The van der Waals surface area contributed by atoms with Gasteiger partial charge >= 0.3 is 0 Å². The minimum absolute atomic E-state index is 0. The second-order valence-electron chi connectivity index (χ2n) is 4.12. The van der Waals surface area contributed by atoms with Crippen molar-refractivity contribution in [3.05, 3.63) is 0 Å². The van der Waals surface area contributed by atoms with Gasteiger partial charge in [0.2, 0.25) is 5.91 Å². The van der Waals surface area contributed by atoms with Gasteiger partial charge in [0.1, 0.15) is 0 Å². The van der Waals surface area contributed by atoms with E-state index >= 15 is 0 Å². The maximum Gasteiger partial charge on any atom is 0.224 e. The van der Waals surface area contributed by atoms with Crippen LogP contribution in [-0.4, -0.2) is 30.9 Å². The zero-order chi connectivity index (χ0) is 13.0. The molecule has 0 radical (unpaired) electrons. The van der Waals surface area contributed by atoms with Crippen LogP contribution >= 0.6 is 0 Å². The molecule has 3 nitrogen and oxygen atoms in total. The number of hydrogen-bond donors (Lipinski definition) is 1. The van der Waals surface area contributed by atoms with Crippen molar-refractivity contribution in [2.24, 2.45) is 11.7 Å². The summed E-state index contributed by atoms with van der Waals surface area (Å²) < 4.78 is 0. The molecule has 0 aromatic heterocycles. The Kier molecular flexibility index (Phi) is 13.9. The molecule has 0 unspecified atom stereocenters. The Bertz CT molecular complexity index is 163. The second-order valence-corrected chi connectivity index (χ2v) is 4.12. The summed E-state index contributed by atoms with van der Waals surface area (Å²) >= 11 is 0. The number of rotatable bonds is 7. The highest BCUT2D eigenvalue weighted by Gasteiger charge is 2.11. The molecule has 100 valence electrons. The first-order chi connectivity index (χ1) is 7.59. The van der Waals surface area contributed by atoms with Gasteiger partial charge in [-0.1, -0.05) is 40.5 Å². The lowest BCUT2D eigenvalue weighted by atomic mass is 10.1. The van der Waals surface area contributed by atoms with Gasteiger partial charge in [0.25, 0.3) is 0 Å². The van der Waals surface area contributed by atoms with Crippen molar-refractivity contribution in [3.8, 4) is 0 Å². The number of carbonyl (C=O) groups excluding carboxylic acids is 1. The number of hydrogen-bond acceptors (Lipinski definition) is 2. The Labute approximate surface area is 103 Å². The van der Waals surface area contributed by atoms with Gasteiger partial charge < -0.3 is 10.6 Å². The van der Waals surface area contributed by atoms with Crippen LogP contribution in [0.15, 0.2) is 0 Å². The molecular formula is C13H32N2O. The smallest absolute Gasteiger partial charge is 0.224 e. The SMILES string of the molecule is CC.CC(C)C(=O)N(C)CCCCCCN.[HH]. The molecule has 2 N–H and O–H groups in total. The van der Waals surface area contributed by atoms with Gasteiger partial charge in [0, 0.05) is 20.9 Å². The molecule has 0 saturated carbocycles. The number of amides is 1. The van der Waals surface area contributed by atoms with E-state index in [1.807, 2.05) is 39.6 Å². The molecule has 0 heterocycles. The molecule has 0 aliphatic carbocycles. The van der Waals surface area contributed by atoms with Crippen LogP contribution < -0.4 is 5.73 Å². The molecule has 0 spiro atoms. The van der Waals surface area contributed by atoms with E-state index in [1.165, 1.54) is 12.8 Å². The molecular weight excluding hydrogens is 200 g/mol. The third-order valence-corrected chi connectivity index (χ3v) is 2.32. The standard InChI is InChI=1S/C11H24N2O.C2H6.H2/c1-10(2)11(14)13(3)9-7-5-4-6-8-12;1-2;/h10H,4-9,12H2,1-3H3;1-2H3;1H. The lowest BCUT2D eigenvalue weighted by Crippen LogP contribution is -2.31. The fraction of sp³-hybridized carbons (Fsp3) is 0.923. The first-order valence-electron chi connectivity index (χ1n) is 6.54. The minimum atomic E-state index is 0. The van der Waals surface area contributed by atoms with Crippen molar-refractivity contribution in [1.29, 1.82) is 0 Å². The van der Waals surface area contributed by atoms with Crippen molar-refractivity contribution in [2.45, 2.75) is 53.4 Å². The molecule has 3 heteroatoms. The molecule has 0 rings (SSSR count). The van der Waals surface area contributed by atoms with Crippen LogP contribution in [0.5, 0.6) is 0 Å². The fourth-order valence-corrected chi connectivity index (χ4v) is 1.40. The van der Waals surface area contributed by atoms with Crippen LogP contribution in [0.1, 0.15) is 54.8 Å². The quantitative estimate of drug-likeness (QED) is 0.686. The van der Waals surface area contributed by atoms with Crippen molar-refractivity contribution in [2.75, 3.05) is 20.1 Å². The van der Waals surface area contributed by atoms with Gasteiger partial charge in [-0.3, -0.25) is 4.79 Å². The lowest BCUT2D eigenvalue weighted by Gasteiger charge is -2.19. The van der Waals surface area contributed by atoms with Gasteiger partial charge in [0.15, 0.2) is 0 Å². The highest BCUT2D eigenvalue weighted by atomic mass is 16.2. The van der Waals surface area contributed by atoms with E-state index in [9.17, 15) is 4.79 Å². The normalized spacial score (nSPS) is 9.69. The van der Waals surface area contributed by atoms with Gasteiger partial charge in [-0.25, -0.2) is 0 Å². The Morgan fingerprint density at radius 2 is 1.69 bits per heavy atom. The molecule has 16 heavy (non-hydrogen) atoms. The minimum Gasteiger partial charge on any atom is -0.346 e. The summed E-state index contributed by atoms with van der Waals surface area (Å²) in [6.07, 6.45) is 4.55. The summed E-state index contributed by atoms with van der Waals surface area (Å²) in [5.74, 6) is 0.355. The number of unbranched alkanes of at least 4 members (excludes halogenated alkanes) is 3. The van der Waals surface area contributed by atoms with Crippen molar-refractivity contribution in [1.82, 2.24) is 4.90 Å². The van der Waals surface area contributed by atoms with E-state index in [0.717, 1.165) is 25.9 Å². The highest BCUT2D eigenvalue weighted by molar-refractivity contribution is 5.77. The monoisotopic (exact) mass is 232 g/mol. The van der Waals surface area contributed by atoms with Crippen LogP contribution in [0.2, 0.25) is 0 Å². The zero-order valence-corrected chi connectivity index (χ0v) is 11.8. The van der Waals surface area contributed by atoms with E-state index < -0.39 is 0 Å². The van der Waals surface area contributed by atoms with E-state index in [0.29, 0.717) is 0 Å². The Hall–Kier alpha value is -0.570. The van der Waals surface area contributed by atoms with E-state index in [-0.39, 0.29) is 13.3 Å². The largest absolute Gasteiger partial charge is 0.346 e. The van der Waals surface area contributed by atoms with Crippen molar-refractivity contribution < 1.29 is 6.22 Å². The molecule has 0 aliphatic heterocycles. The molecule has 0 aromatic rings. The first-order valence-corrected chi connectivity index (χ1v) is 6.54. The molecule has 0 atom stereocenters. The van der Waals surface area contributed by atoms with Crippen LogP contribution in [0.4, 0.5) is 0 Å². The predicted octanol–water partition coefficient (Wildman–Crippen LogP) is 2.89. The molecule has 0 saturated heterocycles. The predicted molar refractivity (Wildman–Crippen MR) is 73.5 cm³/mol. The summed E-state index contributed by atoms with van der Waals surface area (Å²) in [6.45, 7) is 9.53.